The first kappa shape index (κ1) is 48.6. The van der Waals surface area contributed by atoms with Crippen molar-refractivity contribution < 1.29 is 0 Å². The highest BCUT2D eigenvalue weighted by atomic mass is 15.1. The van der Waals surface area contributed by atoms with E-state index in [4.69, 9.17) is 0 Å². The van der Waals surface area contributed by atoms with Crippen LogP contribution in [0.4, 0.5) is 17.1 Å². The van der Waals surface area contributed by atoms with E-state index in [0.717, 1.165) is 62.5 Å². The molecule has 0 saturated heterocycles. The second kappa shape index (κ2) is 20.3. The predicted octanol–water partition coefficient (Wildman–Crippen LogP) is 21.0. The Morgan fingerprint density at radius 2 is 0.805 bits per heavy atom. The second-order valence-electron chi connectivity index (χ2n) is 21.6. The summed E-state index contributed by atoms with van der Waals surface area (Å²) in [6, 6.07) is 107. The lowest BCUT2D eigenvalue weighted by Crippen LogP contribution is -2.28. The lowest BCUT2D eigenvalue weighted by atomic mass is 9.67. The molecule has 2 heteroatoms. The number of anilines is 3. The van der Waals surface area contributed by atoms with Gasteiger partial charge < -0.3 is 9.47 Å². The quantitative estimate of drug-likeness (QED) is 0.140. The van der Waals surface area contributed by atoms with Gasteiger partial charge in [-0.1, -0.05) is 243 Å². The molecule has 0 radical (unpaired) electrons. The zero-order valence-electron chi connectivity index (χ0n) is 45.3. The Hall–Kier alpha value is -10.5. The molecule has 0 bridgehead atoms. The molecule has 0 aliphatic heterocycles. The van der Waals surface area contributed by atoms with Crippen molar-refractivity contribution in [2.75, 3.05) is 4.90 Å². The molecule has 82 heavy (non-hydrogen) atoms. The minimum Gasteiger partial charge on any atom is -0.311 e. The summed E-state index contributed by atoms with van der Waals surface area (Å²) in [5.74, 6) is 0. The van der Waals surface area contributed by atoms with Crippen molar-refractivity contribution in [2.45, 2.75) is 11.8 Å². The van der Waals surface area contributed by atoms with E-state index in [1.807, 2.05) is 0 Å². The highest BCUT2D eigenvalue weighted by Crippen LogP contribution is 2.57. The van der Waals surface area contributed by atoms with Gasteiger partial charge in [0.1, 0.15) is 0 Å². The Kier molecular flexibility index (Phi) is 12.0. The first-order valence-electron chi connectivity index (χ1n) is 28.4. The Morgan fingerprint density at radius 3 is 1.45 bits per heavy atom. The van der Waals surface area contributed by atoms with Gasteiger partial charge in [-0.05, 0) is 180 Å². The molecule has 0 spiro atoms. The molecule has 0 saturated carbocycles. The highest BCUT2D eigenvalue weighted by molar-refractivity contribution is 6.12. The topological polar surface area (TPSA) is 8.17 Å². The fourth-order valence-corrected chi connectivity index (χ4v) is 13.2. The number of benzene rings is 12. The summed E-state index contributed by atoms with van der Waals surface area (Å²) in [7, 11) is 0. The first-order valence-corrected chi connectivity index (χ1v) is 28.4. The molecule has 2 aliphatic carbocycles. The summed E-state index contributed by atoms with van der Waals surface area (Å²) in [5, 5.41) is 2.40. The molecular formula is C80H56N2. The van der Waals surface area contributed by atoms with E-state index in [9.17, 15) is 0 Å². The van der Waals surface area contributed by atoms with Crippen molar-refractivity contribution in [1.82, 2.24) is 4.57 Å². The molecule has 12 aromatic carbocycles. The van der Waals surface area contributed by atoms with Crippen LogP contribution in [0.3, 0.4) is 0 Å². The van der Waals surface area contributed by atoms with Crippen LogP contribution in [0.25, 0.3) is 88.7 Å². The third-order valence-electron chi connectivity index (χ3n) is 17.1. The van der Waals surface area contributed by atoms with Gasteiger partial charge in [0.15, 0.2) is 0 Å². The van der Waals surface area contributed by atoms with Crippen LogP contribution in [0.1, 0.15) is 33.4 Å². The van der Waals surface area contributed by atoms with Crippen LogP contribution in [0.5, 0.6) is 0 Å². The summed E-state index contributed by atoms with van der Waals surface area (Å²) >= 11 is 0. The van der Waals surface area contributed by atoms with E-state index in [0.29, 0.717) is 0 Å². The fourth-order valence-electron chi connectivity index (χ4n) is 13.2. The molecule has 0 N–H and O–H groups in total. The number of para-hydroxylation sites is 1. The number of hydrogen-bond acceptors (Lipinski definition) is 1. The molecule has 1 heterocycles. The maximum Gasteiger partial charge on any atom is 0.0713 e. The van der Waals surface area contributed by atoms with E-state index in [1.54, 1.807) is 0 Å². The lowest BCUT2D eigenvalue weighted by Gasteiger charge is -2.34. The Labute approximate surface area is 479 Å². The van der Waals surface area contributed by atoms with Crippen LogP contribution in [0.2, 0.25) is 0 Å². The zero-order valence-corrected chi connectivity index (χ0v) is 45.3. The number of hydrogen-bond donors (Lipinski definition) is 0. The number of allylic oxidation sites excluding steroid dienone is 5. The first-order chi connectivity index (χ1) is 40.6. The van der Waals surface area contributed by atoms with Gasteiger partial charge >= 0.3 is 0 Å². The Morgan fingerprint density at radius 1 is 0.341 bits per heavy atom. The third-order valence-corrected chi connectivity index (χ3v) is 17.1. The fraction of sp³-hybridized carbons (Fsp3) is 0.0250. The van der Waals surface area contributed by atoms with Crippen molar-refractivity contribution in [1.29, 1.82) is 0 Å². The van der Waals surface area contributed by atoms with Crippen LogP contribution < -0.4 is 4.90 Å². The van der Waals surface area contributed by atoms with E-state index in [-0.39, 0.29) is 0 Å². The van der Waals surface area contributed by atoms with Crippen molar-refractivity contribution in [3.63, 3.8) is 0 Å². The van der Waals surface area contributed by atoms with E-state index >= 15 is 0 Å². The SMILES string of the molecule is C=C1/C=C\C=C/Cc2cc(-n3c4ccc(-c5ccc(N(c6ccccc6)c6ccc(-c7ccccc7)cc6)cc5)cc4c4cc(-c5ccc6c(c5)C(c5ccccc5)(c5ccccc5)c5ccccc5-6)ccc43)ccc2-c2ccccc21. The summed E-state index contributed by atoms with van der Waals surface area (Å²) in [6.07, 6.45) is 9.42. The van der Waals surface area contributed by atoms with Crippen molar-refractivity contribution in [2.24, 2.45) is 0 Å². The van der Waals surface area contributed by atoms with Crippen LogP contribution in [-0.2, 0) is 11.8 Å². The molecular weight excluding hydrogens is 989 g/mol. The van der Waals surface area contributed by atoms with Gasteiger partial charge in [0, 0.05) is 33.5 Å². The maximum atomic E-state index is 4.47. The van der Waals surface area contributed by atoms with Crippen LogP contribution in [0.15, 0.2) is 322 Å². The van der Waals surface area contributed by atoms with Crippen molar-refractivity contribution >= 4 is 44.4 Å². The number of aromatic nitrogens is 1. The van der Waals surface area contributed by atoms with Gasteiger partial charge in [0.05, 0.1) is 16.4 Å². The summed E-state index contributed by atoms with van der Waals surface area (Å²) in [6.45, 7) is 4.47. The van der Waals surface area contributed by atoms with E-state index < -0.39 is 5.41 Å². The zero-order chi connectivity index (χ0) is 54.6. The largest absolute Gasteiger partial charge is 0.311 e. The second-order valence-corrected chi connectivity index (χ2v) is 21.6. The van der Waals surface area contributed by atoms with Crippen LogP contribution >= 0.6 is 0 Å². The van der Waals surface area contributed by atoms with Gasteiger partial charge in [0.2, 0.25) is 0 Å². The summed E-state index contributed by atoms with van der Waals surface area (Å²) in [4.78, 5) is 2.34. The monoisotopic (exact) mass is 1040 g/mol. The molecule has 0 fully saturated rings. The molecule has 386 valence electrons. The maximum absolute atomic E-state index is 4.47. The number of nitrogens with zero attached hydrogens (tertiary/aromatic N) is 2. The molecule has 0 amide bonds. The average Bonchev–Trinajstić information content (AvgIpc) is 3.06. The predicted molar refractivity (Wildman–Crippen MR) is 346 cm³/mol. The van der Waals surface area contributed by atoms with E-state index in [2.05, 4.69) is 332 Å². The number of fused-ring (bicyclic) bond motifs is 9. The summed E-state index contributed by atoms with van der Waals surface area (Å²) in [5.41, 5.74) is 26.9. The Balaban J connectivity index is 0.888. The smallest absolute Gasteiger partial charge is 0.0713 e. The highest BCUT2D eigenvalue weighted by Gasteiger charge is 2.46. The van der Waals surface area contributed by atoms with Gasteiger partial charge in [-0.3, -0.25) is 0 Å². The minimum atomic E-state index is -0.498. The lowest BCUT2D eigenvalue weighted by molar-refractivity contribution is 0.769. The van der Waals surface area contributed by atoms with Gasteiger partial charge in [0.25, 0.3) is 0 Å². The van der Waals surface area contributed by atoms with Crippen molar-refractivity contribution in [3.05, 3.63) is 355 Å². The molecule has 13 aromatic rings. The van der Waals surface area contributed by atoms with Crippen LogP contribution in [-0.4, -0.2) is 4.57 Å². The van der Waals surface area contributed by atoms with Gasteiger partial charge in [-0.15, -0.1) is 0 Å². The summed E-state index contributed by atoms with van der Waals surface area (Å²) < 4.78 is 2.48. The Bertz CT molecular complexity index is 4580. The van der Waals surface area contributed by atoms with Gasteiger partial charge in [-0.25, -0.2) is 0 Å². The standard InChI is InChI=1S/C80H56N2/c1-55-21-7-2-10-24-62-51-68(46-48-70(62)71-32-18-17-31-69(55)71)82-78-49-40-59(58-37-44-67(45-38-58)81(65-29-15-6-16-30-65)66-42-35-57(36-43-66)56-22-8-3-9-23-56)52-74(78)75-53-60(41-50-79(75)82)61-39-47-73-72-33-19-20-34-76(72)80(77(73)54-61,63-25-11-4-12-26-63)64-27-13-5-14-28-64/h2-23,25-54H,1,24H2/b10-2-,21-7-. The molecule has 0 unspecified atom stereocenters. The number of rotatable bonds is 9. The molecule has 15 rings (SSSR count). The average molecular weight is 1050 g/mol. The molecule has 0 atom stereocenters. The molecule has 1 aromatic heterocycles. The van der Waals surface area contributed by atoms with E-state index in [1.165, 1.54) is 83.1 Å². The normalized spacial score (nSPS) is 13.9. The van der Waals surface area contributed by atoms with Crippen molar-refractivity contribution in [3.8, 4) is 61.3 Å². The molecule has 2 aliphatic rings. The van der Waals surface area contributed by atoms with Crippen LogP contribution in [0, 0.1) is 0 Å². The molecule has 2 nitrogen and oxygen atoms in total. The third kappa shape index (κ3) is 8.18. The minimum absolute atomic E-state index is 0.498. The van der Waals surface area contributed by atoms with Gasteiger partial charge in [-0.2, -0.15) is 0 Å².